The molecule has 3 rings (SSSR count). The average molecular weight is 214 g/mol. The van der Waals surface area contributed by atoms with Gasteiger partial charge in [0.25, 0.3) is 0 Å². The Morgan fingerprint density at radius 2 is 2.07 bits per heavy atom. The van der Waals surface area contributed by atoms with Crippen molar-refractivity contribution >= 4 is 22.1 Å². The third kappa shape index (κ3) is 1.39. The third-order valence-corrected chi connectivity index (χ3v) is 3.00. The fourth-order valence-corrected chi connectivity index (χ4v) is 2.20. The van der Waals surface area contributed by atoms with Gasteiger partial charge in [0, 0.05) is 6.07 Å². The number of rotatable bonds is 1. The molecule has 0 saturated carbocycles. The summed E-state index contributed by atoms with van der Waals surface area (Å²) >= 11 is 1.54. The average Bonchev–Trinajstić information content (AvgIpc) is 2.82. The number of nitrogens with zero attached hydrogens (tertiary/aromatic N) is 2. The van der Waals surface area contributed by atoms with Gasteiger partial charge < -0.3 is 0 Å². The van der Waals surface area contributed by atoms with E-state index in [-0.39, 0.29) is 0 Å². The summed E-state index contributed by atoms with van der Waals surface area (Å²) in [5.41, 5.74) is 2.78. The van der Waals surface area contributed by atoms with Crippen LogP contribution in [0.3, 0.4) is 0 Å². The molecule has 0 aliphatic heterocycles. The van der Waals surface area contributed by atoms with Gasteiger partial charge >= 0.3 is 0 Å². The predicted molar refractivity (Wildman–Crippen MR) is 59.4 cm³/mol. The molecule has 2 aromatic heterocycles. The van der Waals surface area contributed by atoms with E-state index in [9.17, 15) is 0 Å². The van der Waals surface area contributed by atoms with E-state index >= 15 is 0 Å². The van der Waals surface area contributed by atoms with Gasteiger partial charge in [-0.15, -0.1) is 10.2 Å². The van der Waals surface area contributed by atoms with Gasteiger partial charge in [-0.05, 0) is 11.5 Å². The Hall–Kier alpha value is -1.81. The summed E-state index contributed by atoms with van der Waals surface area (Å²) in [5, 5.41) is 11.2. The van der Waals surface area contributed by atoms with Crippen LogP contribution in [0.2, 0.25) is 0 Å². The Balaban J connectivity index is 2.36. The normalized spacial score (nSPS) is 10.7. The van der Waals surface area contributed by atoms with Crippen LogP contribution in [0.15, 0.2) is 42.0 Å². The summed E-state index contributed by atoms with van der Waals surface area (Å²) in [6.45, 7) is 0. The first-order valence-electron chi connectivity index (χ1n) is 4.61. The standard InChI is InChI=1S/C11H7N3S/c1-2-4-9-8(3-1)5-6-12-10(9)11-14-13-7-15-11/h1-7H/p+1. The van der Waals surface area contributed by atoms with Gasteiger partial charge in [0.05, 0.1) is 5.39 Å². The lowest BCUT2D eigenvalue weighted by Gasteiger charge is -1.95. The van der Waals surface area contributed by atoms with E-state index in [0.717, 1.165) is 10.7 Å². The number of hydrogen-bond acceptors (Lipinski definition) is 3. The van der Waals surface area contributed by atoms with Crippen LogP contribution in [-0.2, 0) is 0 Å². The second-order valence-electron chi connectivity index (χ2n) is 3.18. The van der Waals surface area contributed by atoms with Crippen molar-refractivity contribution < 1.29 is 4.98 Å². The van der Waals surface area contributed by atoms with Crippen molar-refractivity contribution in [3.05, 3.63) is 42.0 Å². The summed E-state index contributed by atoms with van der Waals surface area (Å²) < 4.78 is 0. The van der Waals surface area contributed by atoms with Gasteiger partial charge in [0.15, 0.2) is 6.20 Å². The summed E-state index contributed by atoms with van der Waals surface area (Å²) in [6, 6.07) is 10.3. The van der Waals surface area contributed by atoms with Crippen molar-refractivity contribution in [2.45, 2.75) is 0 Å². The molecule has 1 aromatic carbocycles. The molecule has 0 unspecified atom stereocenters. The lowest BCUT2D eigenvalue weighted by Crippen LogP contribution is -2.05. The summed E-state index contributed by atoms with van der Waals surface area (Å²) in [7, 11) is 0. The van der Waals surface area contributed by atoms with Crippen LogP contribution in [0, 0.1) is 0 Å². The topological polar surface area (TPSA) is 39.9 Å². The van der Waals surface area contributed by atoms with E-state index < -0.39 is 0 Å². The lowest BCUT2D eigenvalue weighted by atomic mass is 10.1. The van der Waals surface area contributed by atoms with Crippen molar-refractivity contribution in [1.82, 2.24) is 10.2 Å². The first-order valence-corrected chi connectivity index (χ1v) is 5.49. The van der Waals surface area contributed by atoms with Crippen LogP contribution in [0.5, 0.6) is 0 Å². The molecule has 0 amide bonds. The Labute approximate surface area is 90.4 Å². The molecule has 0 aliphatic carbocycles. The van der Waals surface area contributed by atoms with Crippen LogP contribution >= 0.6 is 11.3 Å². The molecule has 0 atom stereocenters. The second-order valence-corrected chi connectivity index (χ2v) is 4.02. The summed E-state index contributed by atoms with van der Waals surface area (Å²) in [4.78, 5) is 3.22. The number of aromatic nitrogens is 3. The summed E-state index contributed by atoms with van der Waals surface area (Å²) in [5.74, 6) is 0. The number of pyridine rings is 1. The maximum atomic E-state index is 4.07. The van der Waals surface area contributed by atoms with E-state index in [1.807, 2.05) is 18.3 Å². The molecule has 0 saturated heterocycles. The van der Waals surface area contributed by atoms with Crippen molar-refractivity contribution in [1.29, 1.82) is 0 Å². The molecule has 1 N–H and O–H groups in total. The smallest absolute Gasteiger partial charge is 0.208 e. The maximum Gasteiger partial charge on any atom is 0.249 e. The Kier molecular flexibility index (Phi) is 1.93. The van der Waals surface area contributed by atoms with Crippen molar-refractivity contribution in [3.63, 3.8) is 0 Å². The molecule has 3 aromatic rings. The van der Waals surface area contributed by atoms with Crippen LogP contribution in [0.1, 0.15) is 0 Å². The minimum atomic E-state index is 0.923. The minimum absolute atomic E-state index is 0.923. The van der Waals surface area contributed by atoms with E-state index in [4.69, 9.17) is 0 Å². The highest BCUT2D eigenvalue weighted by molar-refractivity contribution is 7.12. The molecule has 15 heavy (non-hydrogen) atoms. The fraction of sp³-hybridized carbons (Fsp3) is 0. The number of H-pyrrole nitrogens is 1. The molecule has 2 heterocycles. The zero-order valence-corrected chi connectivity index (χ0v) is 8.66. The fourth-order valence-electron chi connectivity index (χ4n) is 1.62. The van der Waals surface area contributed by atoms with Crippen molar-refractivity contribution in [2.24, 2.45) is 0 Å². The molecule has 0 bridgehead atoms. The molecule has 0 spiro atoms. The van der Waals surface area contributed by atoms with Crippen LogP contribution in [0.4, 0.5) is 0 Å². The SMILES string of the molecule is c1ccc2c(-c3nncs3)[nH+]ccc2c1. The monoisotopic (exact) mass is 214 g/mol. The highest BCUT2D eigenvalue weighted by Crippen LogP contribution is 2.24. The highest BCUT2D eigenvalue weighted by atomic mass is 32.1. The van der Waals surface area contributed by atoms with Crippen molar-refractivity contribution in [3.8, 4) is 10.7 Å². The van der Waals surface area contributed by atoms with E-state index in [1.54, 1.807) is 5.51 Å². The van der Waals surface area contributed by atoms with E-state index in [2.05, 4.69) is 33.4 Å². The number of fused-ring (bicyclic) bond motifs is 1. The third-order valence-electron chi connectivity index (χ3n) is 2.29. The van der Waals surface area contributed by atoms with Crippen molar-refractivity contribution in [2.75, 3.05) is 0 Å². The number of hydrogen-bond donors (Lipinski definition) is 0. The Morgan fingerprint density at radius 3 is 2.93 bits per heavy atom. The highest BCUT2D eigenvalue weighted by Gasteiger charge is 2.12. The first-order chi connectivity index (χ1) is 7.45. The molecular weight excluding hydrogens is 206 g/mol. The molecule has 0 aliphatic rings. The number of nitrogens with one attached hydrogen (secondary N) is 1. The van der Waals surface area contributed by atoms with Crippen LogP contribution in [-0.4, -0.2) is 10.2 Å². The largest absolute Gasteiger partial charge is 0.249 e. The van der Waals surface area contributed by atoms with Crippen LogP contribution in [0.25, 0.3) is 21.5 Å². The first kappa shape index (κ1) is 8.49. The van der Waals surface area contributed by atoms with E-state index in [0.29, 0.717) is 0 Å². The quantitative estimate of drug-likeness (QED) is 0.623. The zero-order valence-electron chi connectivity index (χ0n) is 7.84. The molecule has 72 valence electrons. The summed E-state index contributed by atoms with van der Waals surface area (Å²) in [6.07, 6.45) is 1.93. The van der Waals surface area contributed by atoms with Gasteiger partial charge in [0.1, 0.15) is 5.51 Å². The predicted octanol–water partition coefficient (Wildman–Crippen LogP) is 2.17. The molecule has 4 heteroatoms. The Morgan fingerprint density at radius 1 is 1.13 bits per heavy atom. The second kappa shape index (κ2) is 3.40. The van der Waals surface area contributed by atoms with Gasteiger partial charge in [-0.1, -0.05) is 29.5 Å². The van der Waals surface area contributed by atoms with Gasteiger partial charge in [-0.3, -0.25) is 0 Å². The van der Waals surface area contributed by atoms with Gasteiger partial charge in [0.2, 0.25) is 10.7 Å². The maximum absolute atomic E-state index is 4.07. The van der Waals surface area contributed by atoms with Gasteiger partial charge in [-0.25, -0.2) is 4.98 Å². The zero-order chi connectivity index (χ0) is 10.1. The van der Waals surface area contributed by atoms with Gasteiger partial charge in [-0.2, -0.15) is 0 Å². The van der Waals surface area contributed by atoms with Crippen LogP contribution < -0.4 is 4.98 Å². The number of benzene rings is 1. The molecule has 3 nitrogen and oxygen atoms in total. The lowest BCUT2D eigenvalue weighted by molar-refractivity contribution is -0.362. The molecule has 0 fully saturated rings. The Bertz CT molecular complexity index is 584. The molecular formula is C11H8N3S+. The minimum Gasteiger partial charge on any atom is -0.208 e. The van der Waals surface area contributed by atoms with E-state index in [1.165, 1.54) is 22.1 Å². The molecule has 0 radical (unpaired) electrons. The number of aromatic amines is 1.